The summed E-state index contributed by atoms with van der Waals surface area (Å²) in [5, 5.41) is 18.8. The normalized spacial score (nSPS) is 11.6. The number of aromatic hydroxyl groups is 2. The van der Waals surface area contributed by atoms with Crippen LogP contribution in [0.3, 0.4) is 0 Å². The van der Waals surface area contributed by atoms with E-state index in [2.05, 4.69) is 0 Å². The third kappa shape index (κ3) is 2.78. The third-order valence-electron chi connectivity index (χ3n) is 2.51. The minimum Gasteiger partial charge on any atom is -0.508 e. The zero-order valence-corrected chi connectivity index (χ0v) is 9.37. The highest BCUT2D eigenvalue weighted by Gasteiger charge is 2.31. The van der Waals surface area contributed by atoms with Crippen molar-refractivity contribution in [2.75, 3.05) is 0 Å². The molecule has 2 aromatic rings. The smallest absolute Gasteiger partial charge is 0.416 e. The molecule has 0 spiro atoms. The maximum atomic E-state index is 13.1. The van der Waals surface area contributed by atoms with Crippen molar-refractivity contribution in [1.82, 2.24) is 0 Å². The Kier molecular flexibility index (Phi) is 3.09. The topological polar surface area (TPSA) is 40.5 Å². The number of rotatable bonds is 1. The molecule has 2 rings (SSSR count). The maximum absolute atomic E-state index is 13.1. The van der Waals surface area contributed by atoms with Gasteiger partial charge in [-0.1, -0.05) is 0 Å². The molecule has 0 heterocycles. The van der Waals surface area contributed by atoms with E-state index in [1.807, 2.05) is 0 Å². The first-order chi connectivity index (χ1) is 8.77. The van der Waals surface area contributed by atoms with E-state index in [0.29, 0.717) is 6.07 Å². The summed E-state index contributed by atoms with van der Waals surface area (Å²) in [7, 11) is 0. The summed E-state index contributed by atoms with van der Waals surface area (Å²) in [5.41, 5.74) is -1.32. The quantitative estimate of drug-likeness (QED) is 0.772. The molecule has 0 amide bonds. The van der Waals surface area contributed by atoms with E-state index in [1.54, 1.807) is 0 Å². The summed E-state index contributed by atoms with van der Waals surface area (Å²) in [6.07, 6.45) is -4.64. The summed E-state index contributed by atoms with van der Waals surface area (Å²) in [6.45, 7) is 0. The summed E-state index contributed by atoms with van der Waals surface area (Å²) in [4.78, 5) is 0. The van der Waals surface area contributed by atoms with Gasteiger partial charge in [-0.15, -0.1) is 0 Å². The number of benzene rings is 2. The minimum absolute atomic E-state index is 0.121. The first kappa shape index (κ1) is 13.2. The maximum Gasteiger partial charge on any atom is 0.416 e. The van der Waals surface area contributed by atoms with E-state index in [4.69, 9.17) is 0 Å². The second kappa shape index (κ2) is 4.46. The number of phenols is 2. The molecule has 100 valence electrons. The largest absolute Gasteiger partial charge is 0.508 e. The molecule has 0 aliphatic heterocycles. The molecule has 0 aliphatic rings. The lowest BCUT2D eigenvalue weighted by Gasteiger charge is -2.11. The van der Waals surface area contributed by atoms with Crippen LogP contribution in [-0.4, -0.2) is 10.2 Å². The second-order valence-corrected chi connectivity index (χ2v) is 3.93. The van der Waals surface area contributed by atoms with Gasteiger partial charge in [0.2, 0.25) is 0 Å². The molecule has 0 atom stereocenters. The molecule has 2 nitrogen and oxygen atoms in total. The Morgan fingerprint density at radius 3 is 2.21 bits per heavy atom. The molecule has 0 aliphatic carbocycles. The van der Waals surface area contributed by atoms with Gasteiger partial charge in [0.1, 0.15) is 17.3 Å². The third-order valence-corrected chi connectivity index (χ3v) is 2.51. The molecular weight excluding hydrogens is 264 g/mol. The van der Waals surface area contributed by atoms with Gasteiger partial charge in [-0.2, -0.15) is 13.2 Å². The molecule has 2 aromatic carbocycles. The lowest BCUT2D eigenvalue weighted by atomic mass is 10.0. The average Bonchev–Trinajstić information content (AvgIpc) is 2.30. The standard InChI is InChI=1S/C13H8F4O2/c14-9-1-2-12(19)11(6-9)7-3-8(13(15,16)17)5-10(18)4-7/h1-6,18-19H. The van der Waals surface area contributed by atoms with Crippen LogP contribution < -0.4 is 0 Å². The van der Waals surface area contributed by atoms with Gasteiger partial charge in [0.15, 0.2) is 0 Å². The number of halogens is 4. The molecular formula is C13H8F4O2. The van der Waals surface area contributed by atoms with Crippen LogP contribution in [0.15, 0.2) is 36.4 Å². The predicted molar refractivity (Wildman–Crippen MR) is 60.2 cm³/mol. The fraction of sp³-hybridized carbons (Fsp3) is 0.0769. The second-order valence-electron chi connectivity index (χ2n) is 3.93. The Bertz CT molecular complexity index is 621. The summed E-state index contributed by atoms with van der Waals surface area (Å²) in [6, 6.07) is 5.20. The monoisotopic (exact) mass is 272 g/mol. The molecule has 0 saturated carbocycles. The van der Waals surface area contributed by atoms with Crippen LogP contribution >= 0.6 is 0 Å². The van der Waals surface area contributed by atoms with Crippen molar-refractivity contribution >= 4 is 0 Å². The van der Waals surface area contributed by atoms with Crippen molar-refractivity contribution in [1.29, 1.82) is 0 Å². The summed E-state index contributed by atoms with van der Waals surface area (Å²) < 4.78 is 50.9. The van der Waals surface area contributed by atoms with Crippen LogP contribution in [0.4, 0.5) is 17.6 Å². The lowest BCUT2D eigenvalue weighted by molar-refractivity contribution is -0.137. The van der Waals surface area contributed by atoms with E-state index in [0.717, 1.165) is 30.3 Å². The van der Waals surface area contributed by atoms with Crippen LogP contribution in [0, 0.1) is 5.82 Å². The van der Waals surface area contributed by atoms with Crippen LogP contribution in [-0.2, 0) is 6.18 Å². The van der Waals surface area contributed by atoms with Gasteiger partial charge >= 0.3 is 6.18 Å². The minimum atomic E-state index is -4.64. The summed E-state index contributed by atoms with van der Waals surface area (Å²) >= 11 is 0. The molecule has 19 heavy (non-hydrogen) atoms. The van der Waals surface area contributed by atoms with Crippen molar-refractivity contribution in [3.05, 3.63) is 47.8 Å². The van der Waals surface area contributed by atoms with Crippen molar-refractivity contribution in [3.63, 3.8) is 0 Å². The molecule has 6 heteroatoms. The number of alkyl halides is 3. The van der Waals surface area contributed by atoms with Gasteiger partial charge < -0.3 is 10.2 Å². The van der Waals surface area contributed by atoms with Crippen LogP contribution in [0.5, 0.6) is 11.5 Å². The van der Waals surface area contributed by atoms with Crippen LogP contribution in [0.2, 0.25) is 0 Å². The lowest BCUT2D eigenvalue weighted by Crippen LogP contribution is -2.04. The Morgan fingerprint density at radius 2 is 1.58 bits per heavy atom. The van der Waals surface area contributed by atoms with E-state index in [9.17, 15) is 27.8 Å². The molecule has 0 radical (unpaired) electrons. The van der Waals surface area contributed by atoms with Gasteiger partial charge in [-0.3, -0.25) is 0 Å². The number of hydrogen-bond acceptors (Lipinski definition) is 2. The predicted octanol–water partition coefficient (Wildman–Crippen LogP) is 3.92. The van der Waals surface area contributed by atoms with Gasteiger partial charge in [0.05, 0.1) is 5.56 Å². The Hall–Kier alpha value is -2.24. The highest BCUT2D eigenvalue weighted by Crippen LogP contribution is 2.37. The highest BCUT2D eigenvalue weighted by atomic mass is 19.4. The average molecular weight is 272 g/mol. The zero-order chi connectivity index (χ0) is 14.2. The fourth-order valence-electron chi connectivity index (χ4n) is 1.67. The first-order valence-electron chi connectivity index (χ1n) is 5.17. The van der Waals surface area contributed by atoms with E-state index in [1.165, 1.54) is 0 Å². The molecule has 0 aromatic heterocycles. The Balaban J connectivity index is 2.63. The molecule has 0 fully saturated rings. The number of hydrogen-bond donors (Lipinski definition) is 2. The van der Waals surface area contributed by atoms with Gasteiger partial charge in [-0.05, 0) is 42.0 Å². The van der Waals surface area contributed by atoms with E-state index >= 15 is 0 Å². The molecule has 0 saturated heterocycles. The van der Waals surface area contributed by atoms with Crippen LogP contribution in [0.25, 0.3) is 11.1 Å². The Labute approximate surface area is 105 Å². The van der Waals surface area contributed by atoms with Crippen molar-refractivity contribution in [3.8, 4) is 22.6 Å². The molecule has 0 unspecified atom stereocenters. The highest BCUT2D eigenvalue weighted by molar-refractivity contribution is 5.72. The van der Waals surface area contributed by atoms with Crippen LogP contribution in [0.1, 0.15) is 5.56 Å². The van der Waals surface area contributed by atoms with Crippen molar-refractivity contribution in [2.45, 2.75) is 6.18 Å². The fourth-order valence-corrected chi connectivity index (χ4v) is 1.67. The van der Waals surface area contributed by atoms with E-state index in [-0.39, 0.29) is 16.9 Å². The van der Waals surface area contributed by atoms with Crippen molar-refractivity contribution < 1.29 is 27.8 Å². The van der Waals surface area contributed by atoms with Crippen molar-refractivity contribution in [2.24, 2.45) is 0 Å². The number of phenolic OH excluding ortho intramolecular Hbond substituents is 2. The Morgan fingerprint density at radius 1 is 0.895 bits per heavy atom. The zero-order valence-electron chi connectivity index (χ0n) is 9.37. The summed E-state index contributed by atoms with van der Waals surface area (Å²) in [5.74, 6) is -1.70. The van der Waals surface area contributed by atoms with E-state index < -0.39 is 23.3 Å². The van der Waals surface area contributed by atoms with Gasteiger partial charge in [0.25, 0.3) is 0 Å². The van der Waals surface area contributed by atoms with Gasteiger partial charge in [-0.25, -0.2) is 4.39 Å². The SMILES string of the molecule is Oc1cc(-c2cc(F)ccc2O)cc(C(F)(F)F)c1. The first-order valence-corrected chi connectivity index (χ1v) is 5.17. The molecule has 0 bridgehead atoms. The molecule has 2 N–H and O–H groups in total. The van der Waals surface area contributed by atoms with Gasteiger partial charge in [0, 0.05) is 5.56 Å².